The summed E-state index contributed by atoms with van der Waals surface area (Å²) in [7, 11) is 0. The normalized spacial score (nSPS) is 12.3. The standard InChI is InChI=1S/C80H45N5O3/c1-7-19-67-53(13-1)59-39-46(49-28-36-76-62(42-49)56-16-4-10-22-73(56)86-76)25-33-70(59)83(67)52-31-32-66-65(45-52)79(84-68-20-8-2-14-54(68)60-40-47(26-34-71(60)84)50-29-37-77-63(43-50)57-17-5-11-23-74(57)87-77)82-80(81-66)85-69-21-9-3-15-55(69)61-41-48(27-35-72(61)85)51-30-38-78-64(44-51)58-18-6-12-24-75(58)88-78/h1-45H. The Balaban J connectivity index is 0.806. The van der Waals surface area contributed by atoms with Gasteiger partial charge in [-0.25, -0.2) is 4.98 Å². The van der Waals surface area contributed by atoms with Gasteiger partial charge in [-0.05, 0) is 161 Å². The molecular formula is C80H45N5O3. The number of nitrogens with zero attached hydrogens (tertiary/aromatic N) is 5. The third-order valence-electron chi connectivity index (χ3n) is 18.5. The maximum atomic E-state index is 6.28. The first-order valence-electron chi connectivity index (χ1n) is 29.8. The molecule has 0 amide bonds. The van der Waals surface area contributed by atoms with Gasteiger partial charge < -0.3 is 17.8 Å². The van der Waals surface area contributed by atoms with Gasteiger partial charge in [0.2, 0.25) is 5.95 Å². The molecule has 0 spiro atoms. The average Bonchev–Trinajstić information content (AvgIpc) is 2.88. The minimum absolute atomic E-state index is 0.578. The van der Waals surface area contributed by atoms with Crippen molar-refractivity contribution in [2.75, 3.05) is 0 Å². The smallest absolute Gasteiger partial charge is 0.237 e. The molecule has 8 heteroatoms. The van der Waals surface area contributed by atoms with E-state index in [1.165, 1.54) is 10.8 Å². The lowest BCUT2D eigenvalue weighted by Gasteiger charge is -2.16. The summed E-state index contributed by atoms with van der Waals surface area (Å²) in [4.78, 5) is 11.5. The topological polar surface area (TPSA) is 80.0 Å². The van der Waals surface area contributed by atoms with Crippen LogP contribution < -0.4 is 0 Å². The summed E-state index contributed by atoms with van der Waals surface area (Å²) in [5, 5.41) is 14.4. The minimum atomic E-state index is 0.578. The molecule has 13 aromatic carbocycles. The lowest BCUT2D eigenvalue weighted by molar-refractivity contribution is 0.668. The van der Waals surface area contributed by atoms with E-state index in [4.69, 9.17) is 23.2 Å². The zero-order valence-corrected chi connectivity index (χ0v) is 46.9. The van der Waals surface area contributed by atoms with Gasteiger partial charge >= 0.3 is 0 Å². The number of para-hydroxylation sites is 6. The monoisotopic (exact) mass is 1120 g/mol. The quantitative estimate of drug-likeness (QED) is 0.166. The molecule has 20 rings (SSSR count). The van der Waals surface area contributed by atoms with Crippen LogP contribution in [0.15, 0.2) is 286 Å². The van der Waals surface area contributed by atoms with Crippen molar-refractivity contribution in [3.8, 4) is 50.8 Å². The average molecular weight is 1120 g/mol. The van der Waals surface area contributed by atoms with E-state index in [1.54, 1.807) is 0 Å². The first kappa shape index (κ1) is 47.4. The van der Waals surface area contributed by atoms with Crippen molar-refractivity contribution in [2.24, 2.45) is 0 Å². The summed E-state index contributed by atoms with van der Waals surface area (Å²) < 4.78 is 25.8. The fourth-order valence-corrected chi connectivity index (χ4v) is 14.4. The van der Waals surface area contributed by atoms with E-state index in [0.29, 0.717) is 5.95 Å². The van der Waals surface area contributed by atoms with Crippen molar-refractivity contribution in [1.82, 2.24) is 23.7 Å². The van der Waals surface area contributed by atoms with E-state index >= 15 is 0 Å². The Morgan fingerprint density at radius 2 is 0.545 bits per heavy atom. The summed E-state index contributed by atoms with van der Waals surface area (Å²) >= 11 is 0. The Morgan fingerprint density at radius 3 is 1.00 bits per heavy atom. The summed E-state index contributed by atoms with van der Waals surface area (Å²) in [5.41, 5.74) is 20.2. The summed E-state index contributed by atoms with van der Waals surface area (Å²) in [6.07, 6.45) is 0. The predicted octanol–water partition coefficient (Wildman–Crippen LogP) is 21.6. The molecule has 0 saturated carbocycles. The molecule has 408 valence electrons. The highest BCUT2D eigenvalue weighted by atomic mass is 16.3. The van der Waals surface area contributed by atoms with E-state index in [2.05, 4.69) is 250 Å². The third-order valence-corrected chi connectivity index (χ3v) is 18.5. The molecule has 0 fully saturated rings. The van der Waals surface area contributed by atoms with Crippen molar-refractivity contribution in [3.05, 3.63) is 273 Å². The van der Waals surface area contributed by atoms with E-state index in [9.17, 15) is 0 Å². The maximum absolute atomic E-state index is 6.28. The second-order valence-corrected chi connectivity index (χ2v) is 23.2. The Hall–Kier alpha value is -12.0. The van der Waals surface area contributed by atoms with Gasteiger partial charge in [-0.15, -0.1) is 0 Å². The van der Waals surface area contributed by atoms with E-state index in [1.807, 2.05) is 36.4 Å². The summed E-state index contributed by atoms with van der Waals surface area (Å²) in [6, 6.07) is 97.6. The van der Waals surface area contributed by atoms with Gasteiger partial charge in [0.25, 0.3) is 0 Å². The van der Waals surface area contributed by atoms with Crippen LogP contribution in [-0.2, 0) is 0 Å². The minimum Gasteiger partial charge on any atom is -0.456 e. The number of aromatic nitrogens is 5. The van der Waals surface area contributed by atoms with Gasteiger partial charge in [0.15, 0.2) is 5.82 Å². The molecule has 7 heterocycles. The van der Waals surface area contributed by atoms with Crippen molar-refractivity contribution < 1.29 is 13.3 Å². The zero-order chi connectivity index (χ0) is 57.3. The van der Waals surface area contributed by atoms with Gasteiger partial charge in [-0.3, -0.25) is 9.13 Å². The molecule has 0 radical (unpaired) electrons. The van der Waals surface area contributed by atoms with Crippen LogP contribution in [0.2, 0.25) is 0 Å². The summed E-state index contributed by atoms with van der Waals surface area (Å²) in [6.45, 7) is 0. The fraction of sp³-hybridized carbons (Fsp3) is 0. The number of hydrogen-bond acceptors (Lipinski definition) is 5. The molecule has 8 nitrogen and oxygen atoms in total. The van der Waals surface area contributed by atoms with E-state index in [0.717, 1.165) is 176 Å². The van der Waals surface area contributed by atoms with Crippen LogP contribution in [0.5, 0.6) is 0 Å². The molecule has 0 atom stereocenters. The zero-order valence-electron chi connectivity index (χ0n) is 46.9. The van der Waals surface area contributed by atoms with Crippen LogP contribution in [0.25, 0.3) is 193 Å². The summed E-state index contributed by atoms with van der Waals surface area (Å²) in [5.74, 6) is 1.36. The molecular weight excluding hydrogens is 1080 g/mol. The molecule has 0 bridgehead atoms. The Morgan fingerprint density at radius 1 is 0.216 bits per heavy atom. The Kier molecular flexibility index (Phi) is 9.57. The third kappa shape index (κ3) is 6.79. The van der Waals surface area contributed by atoms with Gasteiger partial charge in [-0.2, -0.15) is 4.98 Å². The Labute approximate surface area is 500 Å². The molecule has 0 aliphatic heterocycles. The largest absolute Gasteiger partial charge is 0.456 e. The van der Waals surface area contributed by atoms with Crippen LogP contribution in [0.4, 0.5) is 0 Å². The number of rotatable bonds is 6. The molecule has 7 aromatic heterocycles. The molecule has 88 heavy (non-hydrogen) atoms. The highest BCUT2D eigenvalue weighted by Gasteiger charge is 2.24. The second kappa shape index (κ2) is 17.8. The van der Waals surface area contributed by atoms with Crippen LogP contribution >= 0.6 is 0 Å². The molecule has 0 unspecified atom stereocenters. The first-order valence-corrected chi connectivity index (χ1v) is 29.8. The number of fused-ring (bicyclic) bond motifs is 19. The SMILES string of the molecule is c1ccc2c(c1)oc1ccc(-c3ccc4c(c3)c3ccccc3n4-c3ccc4nc(-n5c6ccccc6c6cc(-c7ccc8oc9ccccc9c8c7)ccc65)nc(-n5c6ccccc6c6cc(-c7ccc8oc9ccccc9c8c7)ccc65)c4c3)cc12. The van der Waals surface area contributed by atoms with Crippen molar-refractivity contribution >= 4 is 142 Å². The number of benzene rings is 13. The highest BCUT2D eigenvalue weighted by molar-refractivity contribution is 6.16. The maximum Gasteiger partial charge on any atom is 0.237 e. The molecule has 0 aliphatic rings. The van der Waals surface area contributed by atoms with Gasteiger partial charge in [0, 0.05) is 75.7 Å². The van der Waals surface area contributed by atoms with Crippen molar-refractivity contribution in [1.29, 1.82) is 0 Å². The van der Waals surface area contributed by atoms with E-state index < -0.39 is 0 Å². The van der Waals surface area contributed by atoms with Gasteiger partial charge in [0.05, 0.1) is 38.6 Å². The van der Waals surface area contributed by atoms with Crippen LogP contribution in [0.1, 0.15) is 0 Å². The van der Waals surface area contributed by atoms with Gasteiger partial charge in [0.1, 0.15) is 33.5 Å². The molecule has 0 saturated heterocycles. The van der Waals surface area contributed by atoms with Crippen LogP contribution in [-0.4, -0.2) is 23.7 Å². The van der Waals surface area contributed by atoms with Gasteiger partial charge in [-0.1, -0.05) is 146 Å². The first-order chi connectivity index (χ1) is 43.6. The molecule has 20 aromatic rings. The number of furan rings is 3. The van der Waals surface area contributed by atoms with Crippen LogP contribution in [0.3, 0.4) is 0 Å². The fourth-order valence-electron chi connectivity index (χ4n) is 14.4. The second-order valence-electron chi connectivity index (χ2n) is 23.2. The lowest BCUT2D eigenvalue weighted by Crippen LogP contribution is -2.08. The van der Waals surface area contributed by atoms with Crippen LogP contribution in [0, 0.1) is 0 Å². The predicted molar refractivity (Wildman–Crippen MR) is 361 cm³/mol. The molecule has 0 aliphatic carbocycles. The number of hydrogen-bond donors (Lipinski definition) is 0. The van der Waals surface area contributed by atoms with Crippen molar-refractivity contribution in [2.45, 2.75) is 0 Å². The Bertz CT molecular complexity index is 6400. The lowest BCUT2D eigenvalue weighted by atomic mass is 10.0. The van der Waals surface area contributed by atoms with Crippen molar-refractivity contribution in [3.63, 3.8) is 0 Å². The van der Waals surface area contributed by atoms with E-state index in [-0.39, 0.29) is 0 Å². The highest BCUT2D eigenvalue weighted by Crippen LogP contribution is 2.43. The molecule has 0 N–H and O–H groups in total.